The van der Waals surface area contributed by atoms with Gasteiger partial charge in [0.2, 0.25) is 16.3 Å². The molecule has 6 heterocycles. The molecule has 6 aromatic heterocycles. The maximum atomic E-state index is 12.9. The molecule has 0 fully saturated rings. The first-order valence-electron chi connectivity index (χ1n) is 20.9. The first-order valence-corrected chi connectivity index (χ1v) is 20.9. The molecular formula is C54H33N3O12. The minimum absolute atomic E-state index is 0.221. The van der Waals surface area contributed by atoms with E-state index in [0.29, 0.717) is 88.2 Å². The van der Waals surface area contributed by atoms with E-state index in [2.05, 4.69) is 15.0 Å². The minimum Gasteiger partial charge on any atom is -0.504 e. The summed E-state index contributed by atoms with van der Waals surface area (Å²) >= 11 is 0. The Morgan fingerprint density at radius 2 is 0.768 bits per heavy atom. The van der Waals surface area contributed by atoms with Crippen LogP contribution in [0.1, 0.15) is 0 Å². The number of rotatable bonds is 3. The number of hydrogen-bond acceptors (Lipinski definition) is 15. The quantitative estimate of drug-likeness (QED) is 0.0712. The molecule has 12 rings (SSSR count). The summed E-state index contributed by atoms with van der Waals surface area (Å²) in [5.41, 5.74) is 2.89. The number of hydrogen-bond donors (Lipinski definition) is 6. The summed E-state index contributed by atoms with van der Waals surface area (Å²) < 4.78 is 16.7. The maximum absolute atomic E-state index is 12.9. The number of aromatic hydroxyl groups is 6. The third-order valence-electron chi connectivity index (χ3n) is 11.4. The molecule has 0 saturated carbocycles. The Hall–Kier alpha value is -10.0. The molecule has 0 amide bonds. The van der Waals surface area contributed by atoms with Gasteiger partial charge in [-0.1, -0.05) is 36.4 Å². The lowest BCUT2D eigenvalue weighted by Gasteiger charge is -2.07. The number of phenols is 6. The lowest BCUT2D eigenvalue weighted by Crippen LogP contribution is -2.06. The van der Waals surface area contributed by atoms with Gasteiger partial charge >= 0.3 is 0 Å². The van der Waals surface area contributed by atoms with Crippen molar-refractivity contribution >= 4 is 65.2 Å². The van der Waals surface area contributed by atoms with E-state index in [4.69, 9.17) is 13.3 Å². The number of fused-ring (bicyclic) bond motifs is 9. The van der Waals surface area contributed by atoms with E-state index in [9.17, 15) is 45.0 Å². The van der Waals surface area contributed by atoms with Gasteiger partial charge in [0, 0.05) is 40.1 Å². The van der Waals surface area contributed by atoms with E-state index < -0.39 is 0 Å². The van der Waals surface area contributed by atoms with Gasteiger partial charge in [-0.2, -0.15) is 0 Å². The second kappa shape index (κ2) is 17.4. The van der Waals surface area contributed by atoms with Gasteiger partial charge in [-0.25, -0.2) is 0 Å². The van der Waals surface area contributed by atoms with Gasteiger partial charge in [-0.05, 0) is 102 Å². The highest BCUT2D eigenvalue weighted by Crippen LogP contribution is 2.39. The Kier molecular flexibility index (Phi) is 10.8. The first-order chi connectivity index (χ1) is 33.5. The Bertz CT molecular complexity index is 4060. The lowest BCUT2D eigenvalue weighted by molar-refractivity contribution is 0.405. The molecule has 0 bridgehead atoms. The molecule has 12 aromatic rings. The third kappa shape index (κ3) is 7.66. The summed E-state index contributed by atoms with van der Waals surface area (Å²) in [6.45, 7) is 0. The lowest BCUT2D eigenvalue weighted by atomic mass is 10.0. The van der Waals surface area contributed by atoms with Crippen LogP contribution in [0.15, 0.2) is 192 Å². The largest absolute Gasteiger partial charge is 0.504 e. The van der Waals surface area contributed by atoms with E-state index in [1.807, 2.05) is 0 Å². The van der Waals surface area contributed by atoms with Crippen molar-refractivity contribution in [2.45, 2.75) is 0 Å². The fourth-order valence-corrected chi connectivity index (χ4v) is 8.07. The van der Waals surface area contributed by atoms with Crippen LogP contribution >= 0.6 is 0 Å². The van der Waals surface area contributed by atoms with Crippen molar-refractivity contribution in [2.75, 3.05) is 0 Å². The zero-order chi connectivity index (χ0) is 47.9. The third-order valence-corrected chi connectivity index (χ3v) is 11.4. The average molecular weight is 916 g/mol. The monoisotopic (exact) mass is 915 g/mol. The van der Waals surface area contributed by atoms with Crippen LogP contribution in [-0.2, 0) is 0 Å². The van der Waals surface area contributed by atoms with E-state index in [0.717, 1.165) is 0 Å². The molecule has 6 N–H and O–H groups in total. The van der Waals surface area contributed by atoms with Crippen molar-refractivity contribution in [3.63, 3.8) is 0 Å². The van der Waals surface area contributed by atoms with Gasteiger partial charge in [0.05, 0.1) is 49.9 Å². The van der Waals surface area contributed by atoms with Gasteiger partial charge < -0.3 is 43.9 Å². The zero-order valence-electron chi connectivity index (χ0n) is 35.6. The molecule has 0 spiro atoms. The molecule has 69 heavy (non-hydrogen) atoms. The summed E-state index contributed by atoms with van der Waals surface area (Å²) in [5, 5.41) is 62.9. The molecule has 0 saturated heterocycles. The summed E-state index contributed by atoms with van der Waals surface area (Å²) in [5.74, 6) is -1.63. The van der Waals surface area contributed by atoms with Crippen LogP contribution in [0.4, 0.5) is 0 Å². The van der Waals surface area contributed by atoms with Crippen molar-refractivity contribution in [3.8, 4) is 68.3 Å². The van der Waals surface area contributed by atoms with E-state index >= 15 is 0 Å². The van der Waals surface area contributed by atoms with Crippen molar-refractivity contribution in [3.05, 3.63) is 195 Å². The highest BCUT2D eigenvalue weighted by Gasteiger charge is 2.19. The van der Waals surface area contributed by atoms with Crippen LogP contribution in [0, 0.1) is 0 Å². The summed E-state index contributed by atoms with van der Waals surface area (Å²) in [6.07, 6.45) is 8.93. The topological polar surface area (TPSA) is 251 Å². The van der Waals surface area contributed by atoms with Crippen molar-refractivity contribution in [1.82, 2.24) is 15.0 Å². The van der Waals surface area contributed by atoms with E-state index in [1.54, 1.807) is 122 Å². The molecule has 336 valence electrons. The van der Waals surface area contributed by atoms with E-state index in [1.165, 1.54) is 43.1 Å². The van der Waals surface area contributed by atoms with Gasteiger partial charge in [0.25, 0.3) is 0 Å². The highest BCUT2D eigenvalue weighted by molar-refractivity contribution is 6.11. The maximum Gasteiger partial charge on any atom is 0.202 e. The number of pyridine rings is 3. The molecule has 15 heteroatoms. The summed E-state index contributed by atoms with van der Waals surface area (Å²) in [7, 11) is 0. The van der Waals surface area contributed by atoms with Crippen molar-refractivity contribution in [2.24, 2.45) is 0 Å². The standard InChI is InChI=1S/3C18H11NO4/c20-14-6-4-10-11(17(14)21)5-7-15-16(10)18(22)12(9-23-15)13-3-1-2-8-19-13;20-13-6-4-10-5-7-14-16(15(10)18(13)22)17(21)11(9-23-14)12-3-1-2-8-19-12;20-14-7-10-4-5-16-17(11(10)8-15(14)21)18(22)12(9-23-16)13-3-1-2-6-19-13/h1-9,20-21H;1-9,20,22H;1-9,20-21H. The molecule has 6 aromatic carbocycles. The van der Waals surface area contributed by atoms with Gasteiger partial charge in [0.15, 0.2) is 34.5 Å². The molecule has 0 aliphatic carbocycles. The minimum atomic E-state index is -0.335. The smallest absolute Gasteiger partial charge is 0.202 e. The molecule has 0 aliphatic heterocycles. The zero-order valence-corrected chi connectivity index (χ0v) is 35.6. The fourth-order valence-electron chi connectivity index (χ4n) is 8.07. The van der Waals surface area contributed by atoms with Gasteiger partial charge in [-0.3, -0.25) is 29.3 Å². The van der Waals surface area contributed by atoms with Crippen LogP contribution < -0.4 is 16.3 Å². The second-order valence-corrected chi connectivity index (χ2v) is 15.5. The van der Waals surface area contributed by atoms with E-state index in [-0.39, 0.29) is 61.6 Å². The molecule has 0 unspecified atom stereocenters. The SMILES string of the molecule is O=c1c(-c2ccccn2)coc2ccc3c(O)c(O)ccc3c12.O=c1c(-c2ccccn2)coc2ccc3cc(O)c(O)cc3c12.O=c1c(-c2ccccn2)coc2ccc3ccc(O)c(O)c3c12. The molecular weight excluding hydrogens is 883 g/mol. The molecule has 15 nitrogen and oxygen atoms in total. The second-order valence-electron chi connectivity index (χ2n) is 15.5. The first kappa shape index (κ1) is 42.9. The molecule has 0 atom stereocenters. The molecule has 0 aliphatic rings. The number of benzene rings is 6. The fraction of sp³-hybridized carbons (Fsp3) is 0. The Labute approximate surface area is 386 Å². The Balaban J connectivity index is 0.000000120. The van der Waals surface area contributed by atoms with Gasteiger partial charge in [-0.15, -0.1) is 0 Å². The number of aromatic nitrogens is 3. The Morgan fingerprint density at radius 1 is 0.348 bits per heavy atom. The van der Waals surface area contributed by atoms with Crippen LogP contribution in [0.2, 0.25) is 0 Å². The predicted octanol–water partition coefficient (Wildman–Crippen LogP) is 10.3. The summed E-state index contributed by atoms with van der Waals surface area (Å²) in [6, 6.07) is 34.5. The number of nitrogens with zero attached hydrogens (tertiary/aromatic N) is 3. The van der Waals surface area contributed by atoms with Crippen LogP contribution in [0.3, 0.4) is 0 Å². The van der Waals surface area contributed by atoms with Crippen LogP contribution in [-0.4, -0.2) is 45.6 Å². The van der Waals surface area contributed by atoms with Crippen LogP contribution in [0.25, 0.3) is 99.0 Å². The van der Waals surface area contributed by atoms with Gasteiger partial charge in [0.1, 0.15) is 35.5 Å². The predicted molar refractivity (Wildman–Crippen MR) is 260 cm³/mol. The highest BCUT2D eigenvalue weighted by atomic mass is 16.3. The average Bonchev–Trinajstić information content (AvgIpc) is 3.37. The normalized spacial score (nSPS) is 11.1. The van der Waals surface area contributed by atoms with Crippen LogP contribution in [0.5, 0.6) is 34.5 Å². The van der Waals surface area contributed by atoms with Crippen molar-refractivity contribution < 1.29 is 43.9 Å². The Morgan fingerprint density at radius 3 is 1.30 bits per heavy atom. The molecule has 0 radical (unpaired) electrons. The van der Waals surface area contributed by atoms with Crippen molar-refractivity contribution in [1.29, 1.82) is 0 Å². The number of phenolic OH excluding ortho intramolecular Hbond substituents is 6. The summed E-state index contributed by atoms with van der Waals surface area (Å²) in [4.78, 5) is 51.2.